The Labute approximate surface area is 136 Å². The van der Waals surface area contributed by atoms with E-state index in [1.165, 1.54) is 0 Å². The van der Waals surface area contributed by atoms with Crippen LogP contribution in [0.15, 0.2) is 48.5 Å². The second-order valence-corrected chi connectivity index (χ2v) is 5.69. The molecule has 108 valence electrons. The highest BCUT2D eigenvalue weighted by Crippen LogP contribution is 2.15. The minimum atomic E-state index is -0.661. The Hall–Kier alpha value is -1.89. The Balaban J connectivity index is 1.98. The van der Waals surface area contributed by atoms with Crippen LogP contribution in [0.1, 0.15) is 17.3 Å². The van der Waals surface area contributed by atoms with E-state index < -0.39 is 6.10 Å². The summed E-state index contributed by atoms with van der Waals surface area (Å²) in [5.74, 6) is 0.248. The van der Waals surface area contributed by atoms with Gasteiger partial charge in [-0.15, -0.1) is 0 Å². The molecule has 1 unspecified atom stereocenters. The first-order chi connectivity index (χ1) is 10.1. The van der Waals surface area contributed by atoms with Gasteiger partial charge >= 0.3 is 0 Å². The molecule has 0 aliphatic carbocycles. The van der Waals surface area contributed by atoms with Crippen LogP contribution in [-0.2, 0) is 4.79 Å². The number of carbonyl (C=O) groups excluding carboxylic acids is 2. The molecule has 21 heavy (non-hydrogen) atoms. The Morgan fingerprint density at radius 1 is 1.24 bits per heavy atom. The lowest BCUT2D eigenvalue weighted by Crippen LogP contribution is -2.30. The predicted molar refractivity (Wildman–Crippen MR) is 89.7 cm³/mol. The lowest BCUT2D eigenvalue weighted by atomic mass is 10.2. The topological polar surface area (TPSA) is 55.4 Å². The van der Waals surface area contributed by atoms with Crippen LogP contribution in [0.3, 0.4) is 0 Å². The van der Waals surface area contributed by atoms with Crippen LogP contribution in [0.2, 0.25) is 0 Å². The molecule has 1 amide bonds. The molecule has 1 N–H and O–H groups in total. The summed E-state index contributed by atoms with van der Waals surface area (Å²) in [6.45, 7) is 1.66. The number of benzene rings is 2. The van der Waals surface area contributed by atoms with Crippen molar-refractivity contribution in [3.05, 3.63) is 57.7 Å². The average Bonchev–Trinajstić information content (AvgIpc) is 2.49. The largest absolute Gasteiger partial charge is 0.481 e. The minimum Gasteiger partial charge on any atom is -0.481 e. The summed E-state index contributed by atoms with van der Waals surface area (Å²) in [5.41, 5.74) is 1.23. The number of rotatable bonds is 5. The predicted octanol–water partition coefficient (Wildman–Crippen LogP) is 3.51. The third-order valence-corrected chi connectivity index (χ3v) is 3.51. The van der Waals surface area contributed by atoms with E-state index >= 15 is 0 Å². The summed E-state index contributed by atoms with van der Waals surface area (Å²) in [5, 5.41) is 2.78. The zero-order valence-corrected chi connectivity index (χ0v) is 13.5. The maximum Gasteiger partial charge on any atom is 0.265 e. The van der Waals surface area contributed by atoms with Gasteiger partial charge in [-0.1, -0.05) is 12.1 Å². The molecule has 2 aromatic rings. The molecule has 0 saturated carbocycles. The minimum absolute atomic E-state index is 0.243. The fourth-order valence-electron chi connectivity index (χ4n) is 1.70. The number of carbonyl (C=O) groups is 2. The van der Waals surface area contributed by atoms with Gasteiger partial charge in [0.2, 0.25) is 0 Å². The monoisotopic (exact) mass is 395 g/mol. The van der Waals surface area contributed by atoms with Crippen molar-refractivity contribution in [1.29, 1.82) is 0 Å². The van der Waals surface area contributed by atoms with Gasteiger partial charge in [-0.25, -0.2) is 0 Å². The number of hydrogen-bond acceptors (Lipinski definition) is 3. The fourth-order valence-corrected chi connectivity index (χ4v) is 2.06. The normalized spacial score (nSPS) is 11.5. The van der Waals surface area contributed by atoms with Crippen molar-refractivity contribution in [2.75, 3.05) is 5.32 Å². The van der Waals surface area contributed by atoms with Gasteiger partial charge in [0.15, 0.2) is 6.10 Å². The molecule has 0 radical (unpaired) electrons. The van der Waals surface area contributed by atoms with Crippen molar-refractivity contribution in [3.8, 4) is 5.75 Å². The smallest absolute Gasteiger partial charge is 0.265 e. The summed E-state index contributed by atoms with van der Waals surface area (Å²) in [7, 11) is 0. The van der Waals surface area contributed by atoms with Crippen LogP contribution in [0.5, 0.6) is 5.75 Å². The number of nitrogens with one attached hydrogen (secondary N) is 1. The lowest BCUT2D eigenvalue weighted by Gasteiger charge is -2.15. The van der Waals surface area contributed by atoms with Crippen molar-refractivity contribution in [2.24, 2.45) is 0 Å². The van der Waals surface area contributed by atoms with Gasteiger partial charge in [0, 0.05) is 14.8 Å². The zero-order valence-electron chi connectivity index (χ0n) is 11.4. The first-order valence-electron chi connectivity index (χ1n) is 6.37. The number of halogens is 1. The summed E-state index contributed by atoms with van der Waals surface area (Å²) in [6.07, 6.45) is 0.0783. The van der Waals surface area contributed by atoms with E-state index in [1.807, 2.05) is 24.3 Å². The van der Waals surface area contributed by atoms with Crippen LogP contribution in [0.4, 0.5) is 5.69 Å². The molecule has 0 spiro atoms. The zero-order chi connectivity index (χ0) is 15.2. The average molecular weight is 395 g/mol. The first kappa shape index (κ1) is 15.5. The molecular formula is C16H14INO3. The number of ether oxygens (including phenoxy) is 1. The molecule has 2 rings (SSSR count). The van der Waals surface area contributed by atoms with Crippen LogP contribution in [0.25, 0.3) is 0 Å². The summed E-state index contributed by atoms with van der Waals surface area (Å²) < 4.78 is 6.64. The summed E-state index contributed by atoms with van der Waals surface area (Å²) >= 11 is 2.20. The van der Waals surface area contributed by atoms with E-state index in [0.29, 0.717) is 11.3 Å². The second kappa shape index (κ2) is 7.21. The molecule has 0 heterocycles. The van der Waals surface area contributed by atoms with Gasteiger partial charge in [-0.05, 0) is 65.9 Å². The molecule has 0 aromatic heterocycles. The van der Waals surface area contributed by atoms with Crippen LogP contribution >= 0.6 is 22.6 Å². The van der Waals surface area contributed by atoms with E-state index in [1.54, 1.807) is 31.2 Å². The molecule has 2 aromatic carbocycles. The molecule has 0 saturated heterocycles. The van der Waals surface area contributed by atoms with E-state index in [2.05, 4.69) is 27.9 Å². The standard InChI is InChI=1S/C16H14INO3/c1-11(21-15-4-2-3-12(9-15)10-19)16(20)18-14-7-5-13(17)6-8-14/h2-11H,1H3,(H,18,20). The van der Waals surface area contributed by atoms with Gasteiger partial charge in [0.1, 0.15) is 12.0 Å². The van der Waals surface area contributed by atoms with Crippen LogP contribution in [-0.4, -0.2) is 18.3 Å². The van der Waals surface area contributed by atoms with E-state index in [9.17, 15) is 9.59 Å². The van der Waals surface area contributed by atoms with Gasteiger partial charge in [0.05, 0.1) is 0 Å². The maximum atomic E-state index is 12.0. The van der Waals surface area contributed by atoms with Gasteiger partial charge in [-0.2, -0.15) is 0 Å². The van der Waals surface area contributed by atoms with Crippen molar-refractivity contribution in [1.82, 2.24) is 0 Å². The fraction of sp³-hybridized carbons (Fsp3) is 0.125. The highest BCUT2D eigenvalue weighted by molar-refractivity contribution is 14.1. The molecule has 1 atom stereocenters. The van der Waals surface area contributed by atoms with E-state index in [4.69, 9.17) is 4.74 Å². The molecule has 5 heteroatoms. The van der Waals surface area contributed by atoms with Gasteiger partial charge in [-0.3, -0.25) is 9.59 Å². The third-order valence-electron chi connectivity index (χ3n) is 2.79. The van der Waals surface area contributed by atoms with Crippen molar-refractivity contribution >= 4 is 40.5 Å². The molecule has 0 bridgehead atoms. The molecule has 0 aliphatic heterocycles. The number of aldehydes is 1. The number of hydrogen-bond donors (Lipinski definition) is 1. The van der Waals surface area contributed by atoms with Crippen molar-refractivity contribution < 1.29 is 14.3 Å². The highest BCUT2D eigenvalue weighted by Gasteiger charge is 2.15. The molecule has 0 fully saturated rings. The SMILES string of the molecule is CC(Oc1cccc(C=O)c1)C(=O)Nc1ccc(I)cc1. The summed E-state index contributed by atoms with van der Waals surface area (Å²) in [6, 6.07) is 14.2. The van der Waals surface area contributed by atoms with E-state index in [0.717, 1.165) is 15.5 Å². The van der Waals surface area contributed by atoms with Gasteiger partial charge < -0.3 is 10.1 Å². The Morgan fingerprint density at radius 2 is 1.95 bits per heavy atom. The quantitative estimate of drug-likeness (QED) is 0.623. The molecule has 4 nitrogen and oxygen atoms in total. The molecule has 0 aliphatic rings. The first-order valence-corrected chi connectivity index (χ1v) is 7.44. The van der Waals surface area contributed by atoms with Gasteiger partial charge in [0.25, 0.3) is 5.91 Å². The van der Waals surface area contributed by atoms with Crippen molar-refractivity contribution in [3.63, 3.8) is 0 Å². The van der Waals surface area contributed by atoms with E-state index in [-0.39, 0.29) is 5.91 Å². The van der Waals surface area contributed by atoms with Crippen LogP contribution in [0, 0.1) is 3.57 Å². The second-order valence-electron chi connectivity index (χ2n) is 4.45. The Kier molecular flexibility index (Phi) is 5.32. The summed E-state index contributed by atoms with van der Waals surface area (Å²) in [4.78, 5) is 22.8. The maximum absolute atomic E-state index is 12.0. The van der Waals surface area contributed by atoms with Crippen LogP contribution < -0.4 is 10.1 Å². The number of amides is 1. The van der Waals surface area contributed by atoms with Crippen molar-refractivity contribution in [2.45, 2.75) is 13.0 Å². The lowest BCUT2D eigenvalue weighted by molar-refractivity contribution is -0.122. The number of anilines is 1. The third kappa shape index (κ3) is 4.56. The Morgan fingerprint density at radius 3 is 2.62 bits per heavy atom. The Bertz CT molecular complexity index is 640. The molecular weight excluding hydrogens is 381 g/mol. The highest BCUT2D eigenvalue weighted by atomic mass is 127.